The van der Waals surface area contributed by atoms with Gasteiger partial charge >= 0.3 is 0 Å². The van der Waals surface area contributed by atoms with Crippen LogP contribution in [0.1, 0.15) is 41.3 Å². The summed E-state index contributed by atoms with van der Waals surface area (Å²) < 4.78 is 1.32. The Balaban J connectivity index is 1.92. The summed E-state index contributed by atoms with van der Waals surface area (Å²) in [5.74, 6) is -0.950. The molecule has 0 unspecified atom stereocenters. The molecule has 154 valence electrons. The van der Waals surface area contributed by atoms with Gasteiger partial charge in [-0.2, -0.15) is 5.10 Å². The summed E-state index contributed by atoms with van der Waals surface area (Å²) in [6.45, 7) is 4.13. The van der Waals surface area contributed by atoms with Crippen LogP contribution in [0.2, 0.25) is 0 Å². The fraction of sp³-hybridized carbons (Fsp3) is 0.143. The van der Waals surface area contributed by atoms with Gasteiger partial charge in [0.15, 0.2) is 4.77 Å². The van der Waals surface area contributed by atoms with Crippen LogP contribution in [0, 0.1) is 4.77 Å². The number of carbonyl (C=O) groups excluding carboxylic acids is 1. The third kappa shape index (κ3) is 4.31. The molecule has 3 rings (SSSR count). The van der Waals surface area contributed by atoms with E-state index in [1.54, 1.807) is 24.3 Å². The van der Waals surface area contributed by atoms with Crippen molar-refractivity contribution in [2.75, 3.05) is 0 Å². The molecule has 0 atom stereocenters. The molecule has 0 fully saturated rings. The van der Waals surface area contributed by atoms with E-state index in [4.69, 9.17) is 12.2 Å². The number of carbonyl (C=O) groups is 1. The number of H-pyrrole nitrogens is 1. The quantitative estimate of drug-likeness (QED) is 0.285. The topological polar surface area (TPSA) is 120 Å². The van der Waals surface area contributed by atoms with Gasteiger partial charge in [0.05, 0.1) is 17.5 Å². The number of aromatic nitrogens is 2. The lowest BCUT2D eigenvalue weighted by Gasteiger charge is -2.12. The Bertz CT molecular complexity index is 1230. The highest BCUT2D eigenvalue weighted by molar-refractivity contribution is 7.71. The first kappa shape index (κ1) is 21.0. The van der Waals surface area contributed by atoms with Crippen molar-refractivity contribution in [3.8, 4) is 17.3 Å². The largest absolute Gasteiger partial charge is 0.507 e. The van der Waals surface area contributed by atoms with Crippen molar-refractivity contribution in [1.82, 2.24) is 15.0 Å². The molecule has 1 aromatic heterocycles. The van der Waals surface area contributed by atoms with Gasteiger partial charge in [0.25, 0.3) is 11.5 Å². The lowest BCUT2D eigenvalue weighted by atomic mass is 10.0. The van der Waals surface area contributed by atoms with E-state index >= 15 is 0 Å². The van der Waals surface area contributed by atoms with Gasteiger partial charge in [-0.25, -0.2) is 5.43 Å². The number of benzene rings is 2. The predicted molar refractivity (Wildman–Crippen MR) is 116 cm³/mol. The van der Waals surface area contributed by atoms with E-state index in [0.29, 0.717) is 11.6 Å². The summed E-state index contributed by atoms with van der Waals surface area (Å²) in [7, 11) is 0. The summed E-state index contributed by atoms with van der Waals surface area (Å²) in [5.41, 5.74) is 3.06. The van der Waals surface area contributed by atoms with Gasteiger partial charge < -0.3 is 10.2 Å². The third-order valence-corrected chi connectivity index (χ3v) is 4.73. The zero-order valence-electron chi connectivity index (χ0n) is 16.3. The number of nitrogens with one attached hydrogen (secondary N) is 2. The number of aromatic amines is 1. The van der Waals surface area contributed by atoms with Crippen LogP contribution in [0.5, 0.6) is 11.6 Å². The number of rotatable bonds is 5. The van der Waals surface area contributed by atoms with E-state index in [2.05, 4.69) is 29.4 Å². The van der Waals surface area contributed by atoms with E-state index in [1.807, 2.05) is 12.1 Å². The molecule has 9 heteroatoms. The molecule has 4 N–H and O–H groups in total. The minimum absolute atomic E-state index is 0.0187. The van der Waals surface area contributed by atoms with E-state index in [9.17, 15) is 19.8 Å². The van der Waals surface area contributed by atoms with Gasteiger partial charge in [0, 0.05) is 0 Å². The number of amides is 1. The van der Waals surface area contributed by atoms with Crippen LogP contribution < -0.4 is 11.0 Å². The molecule has 0 saturated heterocycles. The molecule has 0 spiro atoms. The molecule has 0 saturated carbocycles. The second kappa shape index (κ2) is 8.75. The van der Waals surface area contributed by atoms with E-state index in [-0.39, 0.29) is 21.6 Å². The number of hydrazone groups is 1. The molecule has 0 radical (unpaired) electrons. The first-order valence-electron chi connectivity index (χ1n) is 9.09. The van der Waals surface area contributed by atoms with E-state index in [1.165, 1.54) is 16.7 Å². The minimum atomic E-state index is -0.669. The van der Waals surface area contributed by atoms with Crippen molar-refractivity contribution in [3.63, 3.8) is 0 Å². The van der Waals surface area contributed by atoms with Gasteiger partial charge in [-0.15, -0.1) is 0 Å². The summed E-state index contributed by atoms with van der Waals surface area (Å²) in [6, 6.07) is 13.3. The maximum Gasteiger partial charge on any atom is 0.275 e. The number of phenols is 1. The lowest BCUT2D eigenvalue weighted by molar-refractivity contribution is 0.0952. The molecule has 30 heavy (non-hydrogen) atoms. The summed E-state index contributed by atoms with van der Waals surface area (Å²) in [6.07, 6.45) is 1.01. The zero-order valence-corrected chi connectivity index (χ0v) is 17.1. The Kier molecular flexibility index (Phi) is 6.12. The average Bonchev–Trinajstić information content (AvgIpc) is 2.70. The maximum atomic E-state index is 12.2. The molecular formula is C21H20N4O4S. The Labute approximate surface area is 177 Å². The van der Waals surface area contributed by atoms with Crippen molar-refractivity contribution in [1.29, 1.82) is 0 Å². The highest BCUT2D eigenvalue weighted by atomic mass is 32.1. The Morgan fingerprint density at radius 2 is 1.83 bits per heavy atom. The number of hydrogen-bond acceptors (Lipinski definition) is 6. The van der Waals surface area contributed by atoms with Crippen LogP contribution in [0.3, 0.4) is 0 Å². The summed E-state index contributed by atoms with van der Waals surface area (Å²) >= 11 is 5.19. The number of phenolic OH excluding ortho intramolecular Hbond substituents is 1. The fourth-order valence-corrected chi connectivity index (χ4v) is 3.07. The van der Waals surface area contributed by atoms with Gasteiger partial charge in [-0.1, -0.05) is 38.1 Å². The van der Waals surface area contributed by atoms with Crippen LogP contribution in [0.15, 0.2) is 58.4 Å². The average molecular weight is 424 g/mol. The Morgan fingerprint density at radius 1 is 1.17 bits per heavy atom. The smallest absolute Gasteiger partial charge is 0.275 e. The van der Waals surface area contributed by atoms with Crippen LogP contribution in [-0.4, -0.2) is 31.9 Å². The van der Waals surface area contributed by atoms with Crippen LogP contribution in [0.4, 0.5) is 0 Å². The molecule has 2 aromatic carbocycles. The standard InChI is InChI=1S/C21H20N4O4S/c1-12(2)13-7-9-14(10-8-13)25-20(29)16(18(27)23-21(25)30)11-22-24-19(28)15-5-3-4-6-17(15)26/h3-12,26,29H,1-2H3,(H,24,28)(H,23,27,30)/b22-11-. The number of nitrogens with zero attached hydrogens (tertiary/aromatic N) is 2. The van der Waals surface area contributed by atoms with Crippen LogP contribution >= 0.6 is 12.2 Å². The van der Waals surface area contributed by atoms with Crippen LogP contribution in [-0.2, 0) is 0 Å². The molecule has 0 aliphatic carbocycles. The molecule has 0 aliphatic rings. The van der Waals surface area contributed by atoms with E-state index in [0.717, 1.165) is 11.8 Å². The summed E-state index contributed by atoms with van der Waals surface area (Å²) in [5, 5.41) is 24.1. The van der Waals surface area contributed by atoms with Crippen molar-refractivity contribution in [3.05, 3.63) is 80.3 Å². The molecule has 3 aromatic rings. The number of hydrogen-bond donors (Lipinski definition) is 4. The summed E-state index contributed by atoms with van der Waals surface area (Å²) in [4.78, 5) is 26.8. The van der Waals surface area contributed by atoms with Crippen LogP contribution in [0.25, 0.3) is 5.69 Å². The van der Waals surface area contributed by atoms with Gasteiger partial charge in [0.1, 0.15) is 11.3 Å². The number of para-hydroxylation sites is 1. The molecule has 0 bridgehead atoms. The molecule has 8 nitrogen and oxygen atoms in total. The molecule has 1 amide bonds. The SMILES string of the molecule is CC(C)c1ccc(-n2c(O)c(/C=N\NC(=O)c3ccccc3O)c(=O)[nH]c2=S)cc1. The van der Waals surface area contributed by atoms with E-state index < -0.39 is 17.3 Å². The normalized spacial score (nSPS) is 11.2. The molecule has 1 heterocycles. The minimum Gasteiger partial charge on any atom is -0.507 e. The first-order chi connectivity index (χ1) is 14.3. The monoisotopic (exact) mass is 424 g/mol. The highest BCUT2D eigenvalue weighted by Crippen LogP contribution is 2.21. The van der Waals surface area contributed by atoms with Crippen molar-refractivity contribution < 1.29 is 15.0 Å². The molecule has 0 aliphatic heterocycles. The maximum absolute atomic E-state index is 12.2. The molecular weight excluding hydrogens is 404 g/mol. The highest BCUT2D eigenvalue weighted by Gasteiger charge is 2.14. The Morgan fingerprint density at radius 3 is 2.47 bits per heavy atom. The van der Waals surface area contributed by atoms with Crippen molar-refractivity contribution in [2.24, 2.45) is 5.10 Å². The van der Waals surface area contributed by atoms with Crippen molar-refractivity contribution >= 4 is 24.3 Å². The van der Waals surface area contributed by atoms with Crippen molar-refractivity contribution in [2.45, 2.75) is 19.8 Å². The fourth-order valence-electron chi connectivity index (χ4n) is 2.78. The number of aromatic hydroxyl groups is 2. The first-order valence-corrected chi connectivity index (χ1v) is 9.50. The van der Waals surface area contributed by atoms with Gasteiger partial charge in [-0.3, -0.25) is 19.1 Å². The zero-order chi connectivity index (χ0) is 21.8. The Hall–Kier alpha value is -3.72. The lowest BCUT2D eigenvalue weighted by Crippen LogP contribution is -2.21. The predicted octanol–water partition coefficient (Wildman–Crippen LogP) is 3.19. The van der Waals surface area contributed by atoms with Gasteiger partial charge in [-0.05, 0) is 48.0 Å². The third-order valence-electron chi connectivity index (χ3n) is 4.45. The second-order valence-electron chi connectivity index (χ2n) is 6.79. The van der Waals surface area contributed by atoms with Gasteiger partial charge in [0.2, 0.25) is 5.88 Å². The second-order valence-corrected chi connectivity index (χ2v) is 7.18.